The molecule has 0 spiro atoms. The van der Waals surface area contributed by atoms with Gasteiger partial charge in [0.2, 0.25) is 0 Å². The molecule has 11 heteroatoms. The number of benzene rings is 3. The van der Waals surface area contributed by atoms with E-state index >= 15 is 0 Å². The van der Waals surface area contributed by atoms with Gasteiger partial charge in [-0.2, -0.15) is 0 Å². The summed E-state index contributed by atoms with van der Waals surface area (Å²) >= 11 is 5.86. The third kappa shape index (κ3) is 4.50. The second kappa shape index (κ2) is 8.97. The fourth-order valence-corrected chi connectivity index (χ4v) is 4.98. The maximum atomic E-state index is 14.0. The number of aliphatic hydroxyl groups excluding tert-OH is 1. The third-order valence-corrected chi connectivity index (χ3v) is 6.99. The van der Waals surface area contributed by atoms with E-state index in [2.05, 4.69) is 5.32 Å². The second-order valence-electron chi connectivity index (χ2n) is 7.15. The molecule has 0 saturated carbocycles. The highest BCUT2D eigenvalue weighted by molar-refractivity contribution is 7.92. The summed E-state index contributed by atoms with van der Waals surface area (Å²) in [6.07, 6.45) is -0.826. The van der Waals surface area contributed by atoms with Crippen LogP contribution in [0.1, 0.15) is 10.4 Å². The maximum Gasteiger partial charge on any atom is 0.264 e. The van der Waals surface area contributed by atoms with Crippen molar-refractivity contribution in [3.05, 3.63) is 82.9 Å². The van der Waals surface area contributed by atoms with Crippen LogP contribution >= 0.6 is 11.6 Å². The zero-order valence-corrected chi connectivity index (χ0v) is 18.4. The number of carbonyl (C=O) groups is 1. The number of hydrogen-bond acceptors (Lipinski definition) is 5. The van der Waals surface area contributed by atoms with Gasteiger partial charge in [0.15, 0.2) is 0 Å². The summed E-state index contributed by atoms with van der Waals surface area (Å²) in [5.74, 6) is -2.96. The average Bonchev–Trinajstić information content (AvgIpc) is 2.78. The minimum absolute atomic E-state index is 0.0423. The topological polar surface area (TPSA) is 95.9 Å². The molecule has 0 saturated heterocycles. The molecule has 0 radical (unpaired) electrons. The molecule has 3 aromatic carbocycles. The van der Waals surface area contributed by atoms with Gasteiger partial charge in [0, 0.05) is 10.7 Å². The Morgan fingerprint density at radius 1 is 1.12 bits per heavy atom. The van der Waals surface area contributed by atoms with Crippen LogP contribution in [0.2, 0.25) is 5.02 Å². The Balaban J connectivity index is 1.72. The van der Waals surface area contributed by atoms with Crippen LogP contribution in [0.15, 0.2) is 65.6 Å². The van der Waals surface area contributed by atoms with Gasteiger partial charge in [-0.05, 0) is 54.6 Å². The molecule has 1 heterocycles. The Labute approximate surface area is 193 Å². The molecule has 2 N–H and O–H groups in total. The van der Waals surface area contributed by atoms with Gasteiger partial charge in [-0.25, -0.2) is 17.2 Å². The lowest BCUT2D eigenvalue weighted by atomic mass is 10.1. The molecule has 1 amide bonds. The fraction of sp³-hybridized carbons (Fsp3) is 0.136. The summed E-state index contributed by atoms with van der Waals surface area (Å²) in [6.45, 7) is -0.634. The van der Waals surface area contributed by atoms with Crippen molar-refractivity contribution in [2.75, 3.05) is 22.8 Å². The van der Waals surface area contributed by atoms with Gasteiger partial charge in [0.05, 0.1) is 23.7 Å². The smallest absolute Gasteiger partial charge is 0.264 e. The molecular formula is C22H17ClF2N2O5S. The van der Waals surface area contributed by atoms with E-state index < -0.39 is 45.8 Å². The average molecular weight is 495 g/mol. The summed E-state index contributed by atoms with van der Waals surface area (Å²) in [5, 5.41) is 12.3. The van der Waals surface area contributed by atoms with Crippen LogP contribution in [-0.2, 0) is 10.0 Å². The van der Waals surface area contributed by atoms with Gasteiger partial charge in [-0.1, -0.05) is 17.7 Å². The molecule has 1 aliphatic rings. The molecule has 1 aliphatic heterocycles. The van der Waals surface area contributed by atoms with E-state index in [0.29, 0.717) is 5.02 Å². The first-order chi connectivity index (χ1) is 15.7. The molecule has 1 atom stereocenters. The first-order valence-corrected chi connectivity index (χ1v) is 11.5. The van der Waals surface area contributed by atoms with Crippen LogP contribution in [0.4, 0.5) is 20.2 Å². The van der Waals surface area contributed by atoms with E-state index in [9.17, 15) is 27.1 Å². The Bertz CT molecular complexity index is 1300. The number of rotatable bonds is 5. The van der Waals surface area contributed by atoms with Crippen LogP contribution in [0.3, 0.4) is 0 Å². The van der Waals surface area contributed by atoms with Crippen molar-refractivity contribution >= 4 is 38.9 Å². The summed E-state index contributed by atoms with van der Waals surface area (Å²) in [5.41, 5.74) is -0.595. The van der Waals surface area contributed by atoms with Gasteiger partial charge >= 0.3 is 0 Å². The lowest BCUT2D eigenvalue weighted by molar-refractivity contribution is 0.101. The molecule has 0 unspecified atom stereocenters. The number of aliphatic hydroxyl groups is 1. The Morgan fingerprint density at radius 2 is 1.79 bits per heavy atom. The monoisotopic (exact) mass is 494 g/mol. The van der Waals surface area contributed by atoms with E-state index in [0.717, 1.165) is 22.5 Å². The zero-order valence-electron chi connectivity index (χ0n) is 16.8. The van der Waals surface area contributed by atoms with Crippen LogP contribution in [0.5, 0.6) is 5.75 Å². The number of hydrogen-bond donors (Lipinski definition) is 2. The van der Waals surface area contributed by atoms with Crippen molar-refractivity contribution in [1.29, 1.82) is 0 Å². The second-order valence-corrected chi connectivity index (χ2v) is 9.44. The SMILES string of the molecule is O=C(Nc1ccc2c(c1)N(S(=O)(=O)c1ccc(Cl)cc1)C[C@@H](CO)O2)c1c(F)cccc1F. The number of halogens is 3. The lowest BCUT2D eigenvalue weighted by Gasteiger charge is -2.35. The van der Waals surface area contributed by atoms with Gasteiger partial charge in [-0.3, -0.25) is 9.10 Å². The van der Waals surface area contributed by atoms with Crippen molar-refractivity contribution in [1.82, 2.24) is 0 Å². The molecule has 0 fully saturated rings. The Kier molecular flexibility index (Phi) is 6.24. The molecule has 4 rings (SSSR count). The Morgan fingerprint density at radius 3 is 2.42 bits per heavy atom. The van der Waals surface area contributed by atoms with E-state index in [1.165, 1.54) is 42.5 Å². The fourth-order valence-electron chi connectivity index (χ4n) is 3.35. The van der Waals surface area contributed by atoms with E-state index in [4.69, 9.17) is 16.3 Å². The third-order valence-electron chi connectivity index (χ3n) is 4.94. The van der Waals surface area contributed by atoms with E-state index in [1.807, 2.05) is 0 Å². The number of amides is 1. The number of nitrogens with one attached hydrogen (secondary N) is 1. The predicted molar refractivity (Wildman–Crippen MR) is 118 cm³/mol. The highest BCUT2D eigenvalue weighted by Crippen LogP contribution is 2.39. The predicted octanol–water partition coefficient (Wildman–Crippen LogP) is 3.82. The molecule has 3 aromatic rings. The molecule has 0 aromatic heterocycles. The highest BCUT2D eigenvalue weighted by Gasteiger charge is 2.34. The number of sulfonamides is 1. The van der Waals surface area contributed by atoms with Gasteiger partial charge < -0.3 is 15.2 Å². The number of fused-ring (bicyclic) bond motifs is 1. The first-order valence-electron chi connectivity index (χ1n) is 9.66. The molecule has 172 valence electrons. The van der Waals surface area contributed by atoms with Crippen LogP contribution in [0.25, 0.3) is 0 Å². The number of nitrogens with zero attached hydrogens (tertiary/aromatic N) is 1. The molecular weight excluding hydrogens is 478 g/mol. The molecule has 0 aliphatic carbocycles. The van der Waals surface area contributed by atoms with Gasteiger partial charge in [0.1, 0.15) is 29.1 Å². The summed E-state index contributed by atoms with van der Waals surface area (Å²) in [7, 11) is -4.10. The molecule has 7 nitrogen and oxygen atoms in total. The molecule has 0 bridgehead atoms. The minimum atomic E-state index is -4.10. The first kappa shape index (κ1) is 23.0. The van der Waals surface area contributed by atoms with Crippen molar-refractivity contribution in [2.45, 2.75) is 11.0 Å². The van der Waals surface area contributed by atoms with Crippen molar-refractivity contribution < 1.29 is 31.8 Å². The maximum absolute atomic E-state index is 14.0. The zero-order chi connectivity index (χ0) is 23.8. The number of ether oxygens (including phenoxy) is 1. The van der Waals surface area contributed by atoms with E-state index in [1.54, 1.807) is 0 Å². The van der Waals surface area contributed by atoms with E-state index in [-0.39, 0.29) is 28.6 Å². The van der Waals surface area contributed by atoms with Crippen LogP contribution in [-0.4, -0.2) is 38.7 Å². The lowest BCUT2D eigenvalue weighted by Crippen LogP contribution is -2.45. The summed E-state index contributed by atoms with van der Waals surface area (Å²) in [6, 6.07) is 12.7. The normalized spacial score (nSPS) is 15.5. The summed E-state index contributed by atoms with van der Waals surface area (Å²) < 4.78 is 61.2. The quantitative estimate of drug-likeness (QED) is 0.562. The van der Waals surface area contributed by atoms with Crippen molar-refractivity contribution in [3.8, 4) is 5.75 Å². The number of anilines is 2. The largest absolute Gasteiger partial charge is 0.484 e. The van der Waals surface area contributed by atoms with Crippen molar-refractivity contribution in [2.24, 2.45) is 0 Å². The van der Waals surface area contributed by atoms with Crippen LogP contribution in [0, 0.1) is 11.6 Å². The standard InChI is InChI=1S/C22H17ClF2N2O5S/c23-13-4-7-16(8-5-13)33(30,31)27-11-15(12-28)32-20-9-6-14(10-19(20)27)26-22(29)21-17(24)2-1-3-18(21)25/h1-10,15,28H,11-12H2,(H,26,29)/t15-/m0/s1. The number of carbonyl (C=O) groups excluding carboxylic acids is 1. The van der Waals surface area contributed by atoms with Gasteiger partial charge in [-0.15, -0.1) is 0 Å². The van der Waals surface area contributed by atoms with Gasteiger partial charge in [0.25, 0.3) is 15.9 Å². The van der Waals surface area contributed by atoms with Crippen molar-refractivity contribution in [3.63, 3.8) is 0 Å². The summed E-state index contributed by atoms with van der Waals surface area (Å²) in [4.78, 5) is 12.4. The minimum Gasteiger partial charge on any atom is -0.484 e. The highest BCUT2D eigenvalue weighted by atomic mass is 35.5. The van der Waals surface area contributed by atoms with Crippen LogP contribution < -0.4 is 14.4 Å². The Hall–Kier alpha value is -3.21. The molecule has 33 heavy (non-hydrogen) atoms.